The largest absolute Gasteiger partial charge is 0.466 e. The molecule has 2 rings (SSSR count). The van der Waals surface area contributed by atoms with Gasteiger partial charge in [0.05, 0.1) is 12.5 Å². The quantitative estimate of drug-likeness (QED) is 0.771. The molecule has 1 heterocycles. The monoisotopic (exact) mass is 319 g/mol. The van der Waals surface area contributed by atoms with Gasteiger partial charge in [0, 0.05) is 31.2 Å². The lowest BCUT2D eigenvalue weighted by Gasteiger charge is -2.34. The van der Waals surface area contributed by atoms with E-state index in [2.05, 4.69) is 4.90 Å². The Kier molecular flexibility index (Phi) is 5.98. The van der Waals surface area contributed by atoms with Crippen LogP contribution in [0.4, 0.5) is 5.69 Å². The fraction of sp³-hybridized carbons (Fsp3) is 0.529. The molecule has 1 aliphatic heterocycles. The fourth-order valence-electron chi connectivity index (χ4n) is 3.03. The molecule has 23 heavy (non-hydrogen) atoms. The molecule has 0 aliphatic carbocycles. The van der Waals surface area contributed by atoms with Gasteiger partial charge in [-0.15, -0.1) is 0 Å². The minimum atomic E-state index is -0.411. The van der Waals surface area contributed by atoms with Crippen molar-refractivity contribution in [1.82, 2.24) is 0 Å². The SMILES string of the molecule is CCOC(=O)C1CCN(c2ccccc2C(N)CC(N)=O)CC1. The molecule has 1 unspecified atom stereocenters. The summed E-state index contributed by atoms with van der Waals surface area (Å²) in [6.45, 7) is 3.78. The summed E-state index contributed by atoms with van der Waals surface area (Å²) in [4.78, 5) is 25.2. The number of hydrogen-bond acceptors (Lipinski definition) is 5. The second-order valence-corrected chi connectivity index (χ2v) is 5.85. The molecule has 1 aromatic carbocycles. The molecule has 6 nitrogen and oxygen atoms in total. The highest BCUT2D eigenvalue weighted by Crippen LogP contribution is 2.30. The van der Waals surface area contributed by atoms with Gasteiger partial charge in [0.2, 0.25) is 5.91 Å². The number of para-hydroxylation sites is 1. The normalized spacial score (nSPS) is 16.9. The second kappa shape index (κ2) is 7.97. The summed E-state index contributed by atoms with van der Waals surface area (Å²) in [6, 6.07) is 7.38. The summed E-state index contributed by atoms with van der Waals surface area (Å²) in [5.41, 5.74) is 13.3. The van der Waals surface area contributed by atoms with E-state index < -0.39 is 11.9 Å². The number of carbonyl (C=O) groups excluding carboxylic acids is 2. The minimum Gasteiger partial charge on any atom is -0.466 e. The number of hydrogen-bond donors (Lipinski definition) is 2. The molecule has 0 spiro atoms. The van der Waals surface area contributed by atoms with E-state index in [4.69, 9.17) is 16.2 Å². The van der Waals surface area contributed by atoms with Gasteiger partial charge in [-0.05, 0) is 31.4 Å². The summed E-state index contributed by atoms with van der Waals surface area (Å²) in [5.74, 6) is -0.545. The Balaban J connectivity index is 2.06. The zero-order valence-corrected chi connectivity index (χ0v) is 13.5. The molecule has 1 aliphatic rings. The molecule has 4 N–H and O–H groups in total. The number of benzene rings is 1. The first-order valence-corrected chi connectivity index (χ1v) is 8.07. The summed E-state index contributed by atoms with van der Waals surface area (Å²) < 4.78 is 5.10. The van der Waals surface area contributed by atoms with Crippen molar-refractivity contribution >= 4 is 17.6 Å². The zero-order valence-electron chi connectivity index (χ0n) is 13.5. The Morgan fingerprint density at radius 1 is 1.30 bits per heavy atom. The third kappa shape index (κ3) is 4.45. The first-order valence-electron chi connectivity index (χ1n) is 8.07. The molecule has 6 heteroatoms. The van der Waals surface area contributed by atoms with Crippen LogP contribution >= 0.6 is 0 Å². The number of ether oxygens (including phenoxy) is 1. The van der Waals surface area contributed by atoms with E-state index in [1.807, 2.05) is 31.2 Å². The van der Waals surface area contributed by atoms with E-state index in [9.17, 15) is 9.59 Å². The number of carbonyl (C=O) groups is 2. The number of anilines is 1. The first-order chi connectivity index (χ1) is 11.0. The van der Waals surface area contributed by atoms with Gasteiger partial charge in [-0.3, -0.25) is 9.59 Å². The number of nitrogens with zero attached hydrogens (tertiary/aromatic N) is 1. The topological polar surface area (TPSA) is 98.7 Å². The molecule has 0 radical (unpaired) electrons. The van der Waals surface area contributed by atoms with Crippen LogP contribution in [0.2, 0.25) is 0 Å². The van der Waals surface area contributed by atoms with Crippen LogP contribution in [0.15, 0.2) is 24.3 Å². The molecular formula is C17H25N3O3. The highest BCUT2D eigenvalue weighted by Gasteiger charge is 2.27. The van der Waals surface area contributed by atoms with Crippen LogP contribution in [0.25, 0.3) is 0 Å². The van der Waals surface area contributed by atoms with Crippen LogP contribution in [0, 0.1) is 5.92 Å². The third-order valence-corrected chi connectivity index (χ3v) is 4.21. The van der Waals surface area contributed by atoms with Crippen molar-refractivity contribution in [2.75, 3.05) is 24.6 Å². The number of primary amides is 1. The highest BCUT2D eigenvalue weighted by atomic mass is 16.5. The predicted molar refractivity (Wildman–Crippen MR) is 88.8 cm³/mol. The highest BCUT2D eigenvalue weighted by molar-refractivity contribution is 5.75. The van der Waals surface area contributed by atoms with Gasteiger partial charge in [0.15, 0.2) is 0 Å². The number of esters is 1. The van der Waals surface area contributed by atoms with E-state index in [1.54, 1.807) is 0 Å². The number of piperidine rings is 1. The second-order valence-electron chi connectivity index (χ2n) is 5.85. The minimum absolute atomic E-state index is 0.0299. The lowest BCUT2D eigenvalue weighted by molar-refractivity contribution is -0.148. The van der Waals surface area contributed by atoms with Gasteiger partial charge < -0.3 is 21.1 Å². The average molecular weight is 319 g/mol. The van der Waals surface area contributed by atoms with Crippen molar-refractivity contribution < 1.29 is 14.3 Å². The Morgan fingerprint density at radius 3 is 2.57 bits per heavy atom. The molecule has 1 fully saturated rings. The Labute approximate surface area is 136 Å². The lowest BCUT2D eigenvalue weighted by atomic mass is 9.94. The molecule has 1 saturated heterocycles. The number of nitrogens with two attached hydrogens (primary N) is 2. The van der Waals surface area contributed by atoms with Crippen LogP contribution in [-0.4, -0.2) is 31.6 Å². The molecule has 1 amide bonds. The van der Waals surface area contributed by atoms with E-state index >= 15 is 0 Å². The Morgan fingerprint density at radius 2 is 1.96 bits per heavy atom. The van der Waals surface area contributed by atoms with Crippen molar-refractivity contribution in [2.45, 2.75) is 32.2 Å². The maximum absolute atomic E-state index is 11.8. The molecule has 0 aromatic heterocycles. The van der Waals surface area contributed by atoms with Crippen molar-refractivity contribution in [2.24, 2.45) is 17.4 Å². The molecule has 1 aromatic rings. The first kappa shape index (κ1) is 17.3. The van der Waals surface area contributed by atoms with Crippen molar-refractivity contribution in [1.29, 1.82) is 0 Å². The van der Waals surface area contributed by atoms with Crippen molar-refractivity contribution in [3.63, 3.8) is 0 Å². The summed E-state index contributed by atoms with van der Waals surface area (Å²) in [5, 5.41) is 0. The third-order valence-electron chi connectivity index (χ3n) is 4.21. The average Bonchev–Trinajstić information content (AvgIpc) is 2.54. The Bertz CT molecular complexity index is 554. The number of rotatable bonds is 6. The van der Waals surface area contributed by atoms with E-state index in [0.717, 1.165) is 37.2 Å². The summed E-state index contributed by atoms with van der Waals surface area (Å²) >= 11 is 0. The van der Waals surface area contributed by atoms with Crippen LogP contribution in [-0.2, 0) is 14.3 Å². The summed E-state index contributed by atoms with van der Waals surface area (Å²) in [7, 11) is 0. The van der Waals surface area contributed by atoms with Gasteiger partial charge in [0.1, 0.15) is 0 Å². The van der Waals surface area contributed by atoms with Crippen molar-refractivity contribution in [3.8, 4) is 0 Å². The van der Waals surface area contributed by atoms with E-state index in [1.165, 1.54) is 0 Å². The van der Waals surface area contributed by atoms with Crippen molar-refractivity contribution in [3.05, 3.63) is 29.8 Å². The zero-order chi connectivity index (χ0) is 16.8. The number of amides is 1. The summed E-state index contributed by atoms with van der Waals surface area (Å²) in [6.07, 6.45) is 1.65. The van der Waals surface area contributed by atoms with Crippen LogP contribution < -0.4 is 16.4 Å². The lowest BCUT2D eigenvalue weighted by Crippen LogP contribution is -2.38. The molecule has 126 valence electrons. The molecule has 0 bridgehead atoms. The predicted octanol–water partition coefficient (Wildman–Crippen LogP) is 1.34. The van der Waals surface area contributed by atoms with Gasteiger partial charge in [-0.2, -0.15) is 0 Å². The van der Waals surface area contributed by atoms with Gasteiger partial charge in [-0.25, -0.2) is 0 Å². The Hall–Kier alpha value is -2.08. The maximum atomic E-state index is 11.8. The van der Waals surface area contributed by atoms with Gasteiger partial charge >= 0.3 is 5.97 Å². The fourth-order valence-corrected chi connectivity index (χ4v) is 3.03. The smallest absolute Gasteiger partial charge is 0.309 e. The van der Waals surface area contributed by atoms with Crippen LogP contribution in [0.3, 0.4) is 0 Å². The molecule has 0 saturated carbocycles. The maximum Gasteiger partial charge on any atom is 0.309 e. The molecular weight excluding hydrogens is 294 g/mol. The van der Waals surface area contributed by atoms with Gasteiger partial charge in [-0.1, -0.05) is 18.2 Å². The standard InChI is InChI=1S/C17H25N3O3/c1-2-23-17(22)12-7-9-20(10-8-12)15-6-4-3-5-13(15)14(18)11-16(19)21/h3-6,12,14H,2,7-11,18H2,1H3,(H2,19,21). The van der Waals surface area contributed by atoms with E-state index in [0.29, 0.717) is 6.61 Å². The van der Waals surface area contributed by atoms with E-state index in [-0.39, 0.29) is 18.3 Å². The van der Waals surface area contributed by atoms with Gasteiger partial charge in [0.25, 0.3) is 0 Å². The van der Waals surface area contributed by atoms with Crippen LogP contribution in [0.1, 0.15) is 37.8 Å². The molecule has 1 atom stereocenters. The van der Waals surface area contributed by atoms with Crippen LogP contribution in [0.5, 0.6) is 0 Å².